The molecule has 2 rings (SSSR count). The van der Waals surface area contributed by atoms with Crippen molar-refractivity contribution >= 4 is 5.91 Å². The third-order valence-corrected chi connectivity index (χ3v) is 4.48. The molecule has 1 atom stereocenters. The Bertz CT molecular complexity index is 336. The summed E-state index contributed by atoms with van der Waals surface area (Å²) in [7, 11) is 0. The number of amides is 1. The highest BCUT2D eigenvalue weighted by Gasteiger charge is 2.29. The molecule has 1 saturated carbocycles. The van der Waals surface area contributed by atoms with E-state index in [0.29, 0.717) is 6.54 Å². The monoisotopic (exact) mass is 263 g/mol. The molecule has 0 aromatic carbocycles. The van der Waals surface area contributed by atoms with Gasteiger partial charge < -0.3 is 5.32 Å². The molecule has 1 amide bonds. The van der Waals surface area contributed by atoms with Gasteiger partial charge in [0.2, 0.25) is 5.91 Å². The smallest absolute Gasteiger partial charge is 0.237 e. The predicted octanol–water partition coefficient (Wildman–Crippen LogP) is 0.685. The first-order valence-corrected chi connectivity index (χ1v) is 7.41. The molecule has 0 aromatic heterocycles. The molecule has 1 aliphatic heterocycles. The average Bonchev–Trinajstić information content (AvgIpc) is 2.98. The van der Waals surface area contributed by atoms with E-state index in [2.05, 4.69) is 21.0 Å². The number of terminal acetylenes is 1. The van der Waals surface area contributed by atoms with E-state index in [-0.39, 0.29) is 11.9 Å². The Kier molecular flexibility index (Phi) is 5.24. The van der Waals surface area contributed by atoms with Crippen LogP contribution in [0.2, 0.25) is 0 Å². The van der Waals surface area contributed by atoms with Gasteiger partial charge in [-0.05, 0) is 19.8 Å². The summed E-state index contributed by atoms with van der Waals surface area (Å²) < 4.78 is 0. The number of rotatable bonds is 4. The largest absolute Gasteiger partial charge is 0.344 e. The minimum absolute atomic E-state index is 0.0484. The van der Waals surface area contributed by atoms with Crippen molar-refractivity contribution < 1.29 is 4.79 Å². The number of piperazine rings is 1. The summed E-state index contributed by atoms with van der Waals surface area (Å²) >= 11 is 0. The topological polar surface area (TPSA) is 35.6 Å². The second-order valence-corrected chi connectivity index (χ2v) is 5.61. The van der Waals surface area contributed by atoms with E-state index in [9.17, 15) is 4.79 Å². The lowest BCUT2D eigenvalue weighted by Gasteiger charge is -2.40. The van der Waals surface area contributed by atoms with E-state index in [1.54, 1.807) is 0 Å². The number of hydrogen-bond acceptors (Lipinski definition) is 3. The molecule has 1 N–H and O–H groups in total. The summed E-state index contributed by atoms with van der Waals surface area (Å²) in [6.45, 7) is 6.46. The molecule has 0 bridgehead atoms. The zero-order valence-electron chi connectivity index (χ0n) is 11.9. The van der Waals surface area contributed by atoms with Gasteiger partial charge in [0.15, 0.2) is 0 Å². The quantitative estimate of drug-likeness (QED) is 0.758. The SMILES string of the molecule is C#CCNC(=O)C(C)N1CCN(C2CCCC2)CC1. The number of hydrogen-bond donors (Lipinski definition) is 1. The molecule has 1 aliphatic carbocycles. The molecule has 0 radical (unpaired) electrons. The van der Waals surface area contributed by atoms with Gasteiger partial charge in [-0.1, -0.05) is 18.8 Å². The zero-order valence-corrected chi connectivity index (χ0v) is 11.9. The molecule has 2 fully saturated rings. The van der Waals surface area contributed by atoms with Crippen LogP contribution in [0.15, 0.2) is 0 Å². The second kappa shape index (κ2) is 6.93. The first kappa shape index (κ1) is 14.4. The highest BCUT2D eigenvalue weighted by molar-refractivity contribution is 5.81. The predicted molar refractivity (Wildman–Crippen MR) is 76.7 cm³/mol. The first-order chi connectivity index (χ1) is 9.22. The maximum atomic E-state index is 11.9. The van der Waals surface area contributed by atoms with Gasteiger partial charge in [0.1, 0.15) is 0 Å². The summed E-state index contributed by atoms with van der Waals surface area (Å²) in [6, 6.07) is 0.729. The minimum Gasteiger partial charge on any atom is -0.344 e. The van der Waals surface area contributed by atoms with Crippen LogP contribution < -0.4 is 5.32 Å². The van der Waals surface area contributed by atoms with Gasteiger partial charge in [-0.15, -0.1) is 6.42 Å². The van der Waals surface area contributed by atoms with Crippen molar-refractivity contribution in [2.24, 2.45) is 0 Å². The first-order valence-electron chi connectivity index (χ1n) is 7.41. The van der Waals surface area contributed by atoms with Gasteiger partial charge in [0, 0.05) is 32.2 Å². The van der Waals surface area contributed by atoms with Gasteiger partial charge in [0.25, 0.3) is 0 Å². The van der Waals surface area contributed by atoms with Gasteiger partial charge in [-0.25, -0.2) is 0 Å². The standard InChI is InChI=1S/C15H25N3O/c1-3-8-16-15(19)13(2)17-9-11-18(12-10-17)14-6-4-5-7-14/h1,13-14H,4-12H2,2H3,(H,16,19). The molecule has 106 valence electrons. The van der Waals surface area contributed by atoms with E-state index in [1.165, 1.54) is 25.7 Å². The molecule has 1 heterocycles. The van der Waals surface area contributed by atoms with Crippen LogP contribution in [0.3, 0.4) is 0 Å². The molecular weight excluding hydrogens is 238 g/mol. The third-order valence-electron chi connectivity index (χ3n) is 4.48. The van der Waals surface area contributed by atoms with Crippen molar-refractivity contribution in [1.82, 2.24) is 15.1 Å². The number of nitrogens with zero attached hydrogens (tertiary/aromatic N) is 2. The Labute approximate surface area is 116 Å². The van der Waals surface area contributed by atoms with Crippen LogP contribution in [0.4, 0.5) is 0 Å². The molecule has 1 saturated heterocycles. The van der Waals surface area contributed by atoms with Crippen LogP contribution in [0.5, 0.6) is 0 Å². The highest BCUT2D eigenvalue weighted by Crippen LogP contribution is 2.24. The normalized spacial score (nSPS) is 24.0. The van der Waals surface area contributed by atoms with Crippen LogP contribution in [-0.4, -0.2) is 60.5 Å². The lowest BCUT2D eigenvalue weighted by molar-refractivity contribution is -0.126. The molecular formula is C15H25N3O. The van der Waals surface area contributed by atoms with Crippen molar-refractivity contribution in [2.45, 2.75) is 44.7 Å². The Morgan fingerprint density at radius 1 is 1.32 bits per heavy atom. The summed E-state index contributed by atoms with van der Waals surface area (Å²) in [5, 5.41) is 2.77. The van der Waals surface area contributed by atoms with E-state index in [4.69, 9.17) is 6.42 Å². The third kappa shape index (κ3) is 3.71. The Hall–Kier alpha value is -1.05. The summed E-state index contributed by atoms with van der Waals surface area (Å²) in [5.41, 5.74) is 0. The van der Waals surface area contributed by atoms with Crippen LogP contribution >= 0.6 is 0 Å². The van der Waals surface area contributed by atoms with E-state index in [0.717, 1.165) is 32.2 Å². The van der Waals surface area contributed by atoms with Crippen molar-refractivity contribution in [3.8, 4) is 12.3 Å². The van der Waals surface area contributed by atoms with Crippen LogP contribution in [-0.2, 0) is 4.79 Å². The molecule has 4 heteroatoms. The van der Waals surface area contributed by atoms with E-state index in [1.807, 2.05) is 6.92 Å². The molecule has 1 unspecified atom stereocenters. The summed E-state index contributed by atoms with van der Waals surface area (Å²) in [6.07, 6.45) is 10.6. The van der Waals surface area contributed by atoms with E-state index < -0.39 is 0 Å². The summed E-state index contributed by atoms with van der Waals surface area (Å²) in [5.74, 6) is 2.49. The van der Waals surface area contributed by atoms with Gasteiger partial charge in [0.05, 0.1) is 12.6 Å². The van der Waals surface area contributed by atoms with Gasteiger partial charge >= 0.3 is 0 Å². The average molecular weight is 263 g/mol. The number of carbonyl (C=O) groups excluding carboxylic acids is 1. The minimum atomic E-state index is -0.0703. The summed E-state index contributed by atoms with van der Waals surface area (Å²) in [4.78, 5) is 16.7. The highest BCUT2D eigenvalue weighted by atomic mass is 16.2. The fourth-order valence-corrected chi connectivity index (χ4v) is 3.21. The molecule has 0 spiro atoms. The molecule has 2 aliphatic rings. The Morgan fingerprint density at radius 2 is 1.95 bits per heavy atom. The van der Waals surface area contributed by atoms with Crippen molar-refractivity contribution in [3.63, 3.8) is 0 Å². The maximum Gasteiger partial charge on any atom is 0.237 e. The molecule has 19 heavy (non-hydrogen) atoms. The zero-order chi connectivity index (χ0) is 13.7. The number of nitrogens with one attached hydrogen (secondary N) is 1. The lowest BCUT2D eigenvalue weighted by atomic mass is 10.1. The molecule has 0 aromatic rings. The van der Waals surface area contributed by atoms with Crippen LogP contribution in [0.25, 0.3) is 0 Å². The second-order valence-electron chi connectivity index (χ2n) is 5.61. The number of carbonyl (C=O) groups is 1. The van der Waals surface area contributed by atoms with Crippen LogP contribution in [0, 0.1) is 12.3 Å². The lowest BCUT2D eigenvalue weighted by Crippen LogP contribution is -2.55. The van der Waals surface area contributed by atoms with E-state index >= 15 is 0 Å². The fourth-order valence-electron chi connectivity index (χ4n) is 3.21. The molecule has 4 nitrogen and oxygen atoms in total. The fraction of sp³-hybridized carbons (Fsp3) is 0.800. The maximum absolute atomic E-state index is 11.9. The Morgan fingerprint density at radius 3 is 2.53 bits per heavy atom. The van der Waals surface area contributed by atoms with Crippen LogP contribution in [0.1, 0.15) is 32.6 Å². The van der Waals surface area contributed by atoms with Gasteiger partial charge in [-0.3, -0.25) is 14.6 Å². The Balaban J connectivity index is 1.75. The van der Waals surface area contributed by atoms with Crippen molar-refractivity contribution in [3.05, 3.63) is 0 Å². The van der Waals surface area contributed by atoms with Crippen molar-refractivity contribution in [2.75, 3.05) is 32.7 Å². The van der Waals surface area contributed by atoms with Crippen molar-refractivity contribution in [1.29, 1.82) is 0 Å². The van der Waals surface area contributed by atoms with Gasteiger partial charge in [-0.2, -0.15) is 0 Å².